The molecule has 0 unspecified atom stereocenters. The molecule has 0 fully saturated rings. The van der Waals surface area contributed by atoms with Crippen LogP contribution < -0.4 is 5.73 Å². The van der Waals surface area contributed by atoms with Crippen molar-refractivity contribution in [3.05, 3.63) is 65.2 Å². The Morgan fingerprint density at radius 3 is 2.16 bits per heavy atom. The SMILES string of the molecule is NCCc1cc(F)c(SCc2ccccc2)c(F)c1. The van der Waals surface area contributed by atoms with Crippen LogP contribution in [0.2, 0.25) is 0 Å². The molecule has 19 heavy (non-hydrogen) atoms. The predicted octanol–water partition coefficient (Wildman–Crippen LogP) is 3.76. The molecule has 0 atom stereocenters. The molecule has 2 aromatic carbocycles. The summed E-state index contributed by atoms with van der Waals surface area (Å²) in [5.41, 5.74) is 7.02. The largest absolute Gasteiger partial charge is 0.330 e. The van der Waals surface area contributed by atoms with Gasteiger partial charge in [-0.25, -0.2) is 8.78 Å². The summed E-state index contributed by atoms with van der Waals surface area (Å²) in [6, 6.07) is 12.3. The van der Waals surface area contributed by atoms with E-state index in [1.165, 1.54) is 23.9 Å². The van der Waals surface area contributed by atoms with Gasteiger partial charge in [-0.05, 0) is 36.2 Å². The van der Waals surface area contributed by atoms with E-state index in [0.717, 1.165) is 5.56 Å². The van der Waals surface area contributed by atoms with Gasteiger partial charge in [-0.3, -0.25) is 0 Å². The van der Waals surface area contributed by atoms with Gasteiger partial charge < -0.3 is 5.73 Å². The predicted molar refractivity (Wildman–Crippen MR) is 75.1 cm³/mol. The molecule has 0 spiro atoms. The number of nitrogens with two attached hydrogens (primary N) is 1. The van der Waals surface area contributed by atoms with Crippen LogP contribution in [0.4, 0.5) is 8.78 Å². The molecule has 0 bridgehead atoms. The zero-order chi connectivity index (χ0) is 13.7. The molecule has 0 aliphatic heterocycles. The van der Waals surface area contributed by atoms with E-state index < -0.39 is 11.6 Å². The second-order valence-corrected chi connectivity index (χ2v) is 5.19. The Hall–Kier alpha value is -1.39. The van der Waals surface area contributed by atoms with Crippen LogP contribution in [0.5, 0.6) is 0 Å². The normalized spacial score (nSPS) is 10.7. The summed E-state index contributed by atoms with van der Waals surface area (Å²) in [5.74, 6) is -0.473. The van der Waals surface area contributed by atoms with Gasteiger partial charge in [0.2, 0.25) is 0 Å². The van der Waals surface area contributed by atoms with Gasteiger partial charge in [0, 0.05) is 5.75 Å². The van der Waals surface area contributed by atoms with Gasteiger partial charge in [0.15, 0.2) is 0 Å². The molecule has 2 rings (SSSR count). The van der Waals surface area contributed by atoms with Gasteiger partial charge in [0.25, 0.3) is 0 Å². The molecule has 4 heteroatoms. The highest BCUT2D eigenvalue weighted by atomic mass is 32.2. The van der Waals surface area contributed by atoms with Gasteiger partial charge in [0.1, 0.15) is 11.6 Å². The third-order valence-electron chi connectivity index (χ3n) is 2.72. The third kappa shape index (κ3) is 3.78. The summed E-state index contributed by atoms with van der Waals surface area (Å²) in [5, 5.41) is 0. The number of rotatable bonds is 5. The second-order valence-electron chi connectivity index (χ2n) is 4.20. The Kier molecular flexibility index (Phi) is 4.93. The van der Waals surface area contributed by atoms with Crippen molar-refractivity contribution in [1.82, 2.24) is 0 Å². The minimum atomic E-state index is -0.510. The standard InChI is InChI=1S/C15H15F2NS/c16-13-8-12(6-7-18)9-14(17)15(13)19-10-11-4-2-1-3-5-11/h1-5,8-9H,6-7,10,18H2. The number of halogens is 2. The second kappa shape index (κ2) is 6.68. The molecule has 2 aromatic rings. The Morgan fingerprint density at radius 1 is 0.947 bits per heavy atom. The summed E-state index contributed by atoms with van der Waals surface area (Å²) >= 11 is 1.17. The van der Waals surface area contributed by atoms with Crippen molar-refractivity contribution in [1.29, 1.82) is 0 Å². The molecule has 1 nitrogen and oxygen atoms in total. The molecular formula is C15H15F2NS. The maximum Gasteiger partial charge on any atom is 0.140 e. The van der Waals surface area contributed by atoms with Crippen LogP contribution in [-0.4, -0.2) is 6.54 Å². The third-order valence-corrected chi connectivity index (χ3v) is 3.87. The van der Waals surface area contributed by atoms with E-state index in [1.54, 1.807) is 0 Å². The van der Waals surface area contributed by atoms with Crippen molar-refractivity contribution >= 4 is 11.8 Å². The zero-order valence-electron chi connectivity index (χ0n) is 10.4. The zero-order valence-corrected chi connectivity index (χ0v) is 11.2. The van der Waals surface area contributed by atoms with Crippen LogP contribution in [0.1, 0.15) is 11.1 Å². The monoisotopic (exact) mass is 279 g/mol. The summed E-state index contributed by atoms with van der Waals surface area (Å²) in [6.45, 7) is 0.384. The molecule has 0 saturated carbocycles. The lowest BCUT2D eigenvalue weighted by molar-refractivity contribution is 0.537. The van der Waals surface area contributed by atoms with Gasteiger partial charge in [0.05, 0.1) is 4.90 Å². The van der Waals surface area contributed by atoms with Crippen LogP contribution in [-0.2, 0) is 12.2 Å². The Labute approximate surface area is 115 Å². The van der Waals surface area contributed by atoms with E-state index >= 15 is 0 Å². The molecule has 2 N–H and O–H groups in total. The van der Waals surface area contributed by atoms with Crippen LogP contribution in [0, 0.1) is 11.6 Å². The maximum atomic E-state index is 13.8. The minimum absolute atomic E-state index is 0.0737. The van der Waals surface area contributed by atoms with Crippen molar-refractivity contribution < 1.29 is 8.78 Å². The van der Waals surface area contributed by atoms with Crippen LogP contribution >= 0.6 is 11.8 Å². The fourth-order valence-electron chi connectivity index (χ4n) is 1.79. The van der Waals surface area contributed by atoms with E-state index in [2.05, 4.69) is 0 Å². The quantitative estimate of drug-likeness (QED) is 0.843. The summed E-state index contributed by atoms with van der Waals surface area (Å²) < 4.78 is 27.7. The first-order chi connectivity index (χ1) is 9.20. The highest BCUT2D eigenvalue weighted by molar-refractivity contribution is 7.98. The fourth-order valence-corrected chi connectivity index (χ4v) is 2.69. The molecule has 100 valence electrons. The molecule has 0 aliphatic carbocycles. The molecule has 0 saturated heterocycles. The summed E-state index contributed by atoms with van der Waals surface area (Å²) in [4.78, 5) is 0.0737. The lowest BCUT2D eigenvalue weighted by Gasteiger charge is -2.07. The first kappa shape index (κ1) is 14.0. The molecule has 0 aromatic heterocycles. The maximum absolute atomic E-state index is 13.8. The molecule has 0 heterocycles. The lowest BCUT2D eigenvalue weighted by atomic mass is 10.1. The lowest BCUT2D eigenvalue weighted by Crippen LogP contribution is -2.04. The van der Waals surface area contributed by atoms with Crippen LogP contribution in [0.3, 0.4) is 0 Å². The number of hydrogen-bond donors (Lipinski definition) is 1. The number of thioether (sulfide) groups is 1. The Balaban J connectivity index is 2.12. The van der Waals surface area contributed by atoms with Gasteiger partial charge in [-0.1, -0.05) is 30.3 Å². The van der Waals surface area contributed by atoms with Crippen LogP contribution in [0.15, 0.2) is 47.4 Å². The van der Waals surface area contributed by atoms with Crippen LogP contribution in [0.25, 0.3) is 0 Å². The smallest absolute Gasteiger partial charge is 0.140 e. The van der Waals surface area contributed by atoms with E-state index in [4.69, 9.17) is 5.73 Å². The Morgan fingerprint density at radius 2 is 1.58 bits per heavy atom. The van der Waals surface area contributed by atoms with Crippen molar-refractivity contribution in [3.63, 3.8) is 0 Å². The van der Waals surface area contributed by atoms with E-state index in [-0.39, 0.29) is 4.90 Å². The van der Waals surface area contributed by atoms with E-state index in [9.17, 15) is 8.78 Å². The van der Waals surface area contributed by atoms with Crippen molar-refractivity contribution in [3.8, 4) is 0 Å². The molecular weight excluding hydrogens is 264 g/mol. The molecule has 0 aliphatic rings. The topological polar surface area (TPSA) is 26.0 Å². The molecule has 0 amide bonds. The highest BCUT2D eigenvalue weighted by Crippen LogP contribution is 2.29. The summed E-state index contributed by atoms with van der Waals surface area (Å²) in [6.07, 6.45) is 0.484. The molecule has 0 radical (unpaired) electrons. The van der Waals surface area contributed by atoms with Gasteiger partial charge in [-0.15, -0.1) is 11.8 Å². The van der Waals surface area contributed by atoms with Gasteiger partial charge in [-0.2, -0.15) is 0 Å². The van der Waals surface area contributed by atoms with Crippen molar-refractivity contribution in [2.75, 3.05) is 6.54 Å². The first-order valence-electron chi connectivity index (χ1n) is 6.05. The summed E-state index contributed by atoms with van der Waals surface area (Å²) in [7, 11) is 0. The van der Waals surface area contributed by atoms with Crippen molar-refractivity contribution in [2.24, 2.45) is 5.73 Å². The van der Waals surface area contributed by atoms with Crippen molar-refractivity contribution in [2.45, 2.75) is 17.1 Å². The fraction of sp³-hybridized carbons (Fsp3) is 0.200. The highest BCUT2D eigenvalue weighted by Gasteiger charge is 2.11. The Bertz CT molecular complexity index is 520. The number of hydrogen-bond acceptors (Lipinski definition) is 2. The minimum Gasteiger partial charge on any atom is -0.330 e. The average Bonchev–Trinajstić information content (AvgIpc) is 2.39. The van der Waals surface area contributed by atoms with Gasteiger partial charge >= 0.3 is 0 Å². The van der Waals surface area contributed by atoms with E-state index in [0.29, 0.717) is 24.3 Å². The average molecular weight is 279 g/mol. The first-order valence-corrected chi connectivity index (χ1v) is 7.04. The number of benzene rings is 2. The van der Waals surface area contributed by atoms with E-state index in [1.807, 2.05) is 30.3 Å².